The molecule has 1 aliphatic heterocycles. The number of aromatic nitrogens is 2. The quantitative estimate of drug-likeness (QED) is 0.707. The molecular formula is C20H21N3O3. The third-order valence-corrected chi connectivity index (χ3v) is 4.81. The molecule has 1 aromatic carbocycles. The van der Waals surface area contributed by atoms with Gasteiger partial charge in [-0.25, -0.2) is 4.98 Å². The van der Waals surface area contributed by atoms with Crippen LogP contribution in [-0.4, -0.2) is 46.2 Å². The molecule has 4 rings (SSSR count). The standard InChI is InChI=1S/C20H21N3O3/c1-13-17-15(19(24)23-9-10-25-12-20(23,2)3)11-16(21-18(17)26-22-13)14-7-5-4-6-8-14/h4-8,11H,9-10,12H2,1-3H3. The lowest BCUT2D eigenvalue weighted by Crippen LogP contribution is -2.55. The first kappa shape index (κ1) is 16.7. The number of morpholine rings is 1. The molecule has 1 aliphatic rings. The van der Waals surface area contributed by atoms with E-state index >= 15 is 0 Å². The van der Waals surface area contributed by atoms with Crippen molar-refractivity contribution >= 4 is 17.0 Å². The summed E-state index contributed by atoms with van der Waals surface area (Å²) in [6.07, 6.45) is 0. The van der Waals surface area contributed by atoms with E-state index in [0.29, 0.717) is 47.8 Å². The molecule has 3 heterocycles. The van der Waals surface area contributed by atoms with Crippen LogP contribution in [0.25, 0.3) is 22.4 Å². The van der Waals surface area contributed by atoms with Crippen LogP contribution in [0.3, 0.4) is 0 Å². The number of nitrogens with zero attached hydrogens (tertiary/aromatic N) is 3. The lowest BCUT2D eigenvalue weighted by Gasteiger charge is -2.42. The number of rotatable bonds is 2. The number of aryl methyl sites for hydroxylation is 1. The minimum absolute atomic E-state index is 0.0471. The fourth-order valence-electron chi connectivity index (χ4n) is 3.40. The van der Waals surface area contributed by atoms with Crippen LogP contribution in [0.2, 0.25) is 0 Å². The summed E-state index contributed by atoms with van der Waals surface area (Å²) in [6, 6.07) is 11.6. The maximum absolute atomic E-state index is 13.4. The Morgan fingerprint density at radius 3 is 2.73 bits per heavy atom. The Bertz CT molecular complexity index is 963. The molecular weight excluding hydrogens is 330 g/mol. The first-order chi connectivity index (χ1) is 12.5. The fourth-order valence-corrected chi connectivity index (χ4v) is 3.40. The van der Waals surface area contributed by atoms with Crippen LogP contribution < -0.4 is 0 Å². The molecule has 26 heavy (non-hydrogen) atoms. The number of carbonyl (C=O) groups is 1. The number of pyridine rings is 1. The Kier molecular flexibility index (Phi) is 4.00. The number of fused-ring (bicyclic) bond motifs is 1. The van der Waals surface area contributed by atoms with Crippen molar-refractivity contribution < 1.29 is 14.1 Å². The van der Waals surface area contributed by atoms with Crippen molar-refractivity contribution in [1.82, 2.24) is 15.0 Å². The predicted octanol–water partition coefficient (Wildman–Crippen LogP) is 3.45. The van der Waals surface area contributed by atoms with Gasteiger partial charge in [-0.15, -0.1) is 0 Å². The predicted molar refractivity (Wildman–Crippen MR) is 97.9 cm³/mol. The minimum atomic E-state index is -0.372. The van der Waals surface area contributed by atoms with Gasteiger partial charge >= 0.3 is 0 Å². The van der Waals surface area contributed by atoms with E-state index in [0.717, 1.165) is 5.56 Å². The minimum Gasteiger partial charge on any atom is -0.377 e. The normalized spacial score (nSPS) is 16.8. The first-order valence-electron chi connectivity index (χ1n) is 8.69. The Hall–Kier alpha value is -2.73. The number of hydrogen-bond donors (Lipinski definition) is 0. The van der Waals surface area contributed by atoms with E-state index in [9.17, 15) is 4.79 Å². The highest BCUT2D eigenvalue weighted by Crippen LogP contribution is 2.30. The molecule has 6 heteroatoms. The Morgan fingerprint density at radius 1 is 1.23 bits per heavy atom. The summed E-state index contributed by atoms with van der Waals surface area (Å²) in [5.74, 6) is -0.0471. The van der Waals surface area contributed by atoms with E-state index in [2.05, 4.69) is 10.1 Å². The van der Waals surface area contributed by atoms with Crippen molar-refractivity contribution in [1.29, 1.82) is 0 Å². The molecule has 1 amide bonds. The molecule has 1 fully saturated rings. The van der Waals surface area contributed by atoms with E-state index in [1.807, 2.05) is 62.1 Å². The van der Waals surface area contributed by atoms with E-state index in [1.165, 1.54) is 0 Å². The largest absolute Gasteiger partial charge is 0.377 e. The third-order valence-electron chi connectivity index (χ3n) is 4.81. The van der Waals surface area contributed by atoms with E-state index in [4.69, 9.17) is 9.26 Å². The summed E-state index contributed by atoms with van der Waals surface area (Å²) >= 11 is 0. The summed E-state index contributed by atoms with van der Waals surface area (Å²) in [4.78, 5) is 19.9. The fraction of sp³-hybridized carbons (Fsp3) is 0.350. The van der Waals surface area contributed by atoms with Gasteiger partial charge in [-0.05, 0) is 26.8 Å². The average Bonchev–Trinajstić information content (AvgIpc) is 3.02. The van der Waals surface area contributed by atoms with E-state index in [-0.39, 0.29) is 11.4 Å². The molecule has 6 nitrogen and oxygen atoms in total. The van der Waals surface area contributed by atoms with Gasteiger partial charge in [-0.2, -0.15) is 0 Å². The zero-order chi connectivity index (χ0) is 18.3. The maximum Gasteiger partial charge on any atom is 0.259 e. The van der Waals surface area contributed by atoms with Crippen LogP contribution in [-0.2, 0) is 4.74 Å². The number of amides is 1. The third kappa shape index (κ3) is 2.76. The second-order valence-electron chi connectivity index (χ2n) is 7.19. The maximum atomic E-state index is 13.4. The number of ether oxygens (including phenoxy) is 1. The van der Waals surface area contributed by atoms with Crippen LogP contribution in [0, 0.1) is 6.92 Å². The smallest absolute Gasteiger partial charge is 0.259 e. The topological polar surface area (TPSA) is 68.5 Å². The van der Waals surface area contributed by atoms with Crippen LogP contribution in [0.4, 0.5) is 0 Å². The van der Waals surface area contributed by atoms with Gasteiger partial charge in [0.1, 0.15) is 0 Å². The summed E-state index contributed by atoms with van der Waals surface area (Å²) in [6.45, 7) is 7.47. The zero-order valence-corrected chi connectivity index (χ0v) is 15.2. The second-order valence-corrected chi connectivity index (χ2v) is 7.19. The molecule has 0 aliphatic carbocycles. The SMILES string of the molecule is Cc1noc2nc(-c3ccccc3)cc(C(=O)N3CCOCC3(C)C)c12. The molecule has 0 N–H and O–H groups in total. The van der Waals surface area contributed by atoms with Crippen molar-refractivity contribution in [2.45, 2.75) is 26.3 Å². The molecule has 0 radical (unpaired) electrons. The second kappa shape index (κ2) is 6.21. The lowest BCUT2D eigenvalue weighted by molar-refractivity contribution is -0.0369. The highest BCUT2D eigenvalue weighted by atomic mass is 16.5. The van der Waals surface area contributed by atoms with Crippen LogP contribution in [0.5, 0.6) is 0 Å². The van der Waals surface area contributed by atoms with Crippen LogP contribution >= 0.6 is 0 Å². The molecule has 134 valence electrons. The summed E-state index contributed by atoms with van der Waals surface area (Å²) in [5.41, 5.74) is 2.88. The van der Waals surface area contributed by atoms with Crippen molar-refractivity contribution in [3.8, 4) is 11.3 Å². The number of benzene rings is 1. The van der Waals surface area contributed by atoms with Gasteiger partial charge in [0.05, 0.1) is 41.1 Å². The summed E-state index contributed by atoms with van der Waals surface area (Å²) in [7, 11) is 0. The molecule has 1 saturated heterocycles. The number of hydrogen-bond acceptors (Lipinski definition) is 5. The molecule has 0 bridgehead atoms. The van der Waals surface area contributed by atoms with Crippen molar-refractivity contribution in [3.05, 3.63) is 47.7 Å². The highest BCUT2D eigenvalue weighted by Gasteiger charge is 2.36. The van der Waals surface area contributed by atoms with Crippen LogP contribution in [0.15, 0.2) is 40.9 Å². The molecule has 0 saturated carbocycles. The van der Waals surface area contributed by atoms with Gasteiger partial charge in [0, 0.05) is 12.1 Å². The zero-order valence-electron chi connectivity index (χ0n) is 15.2. The molecule has 0 spiro atoms. The molecule has 0 atom stereocenters. The van der Waals surface area contributed by atoms with Gasteiger partial charge in [0.2, 0.25) is 0 Å². The molecule has 3 aromatic rings. The van der Waals surface area contributed by atoms with Crippen LogP contribution in [0.1, 0.15) is 29.9 Å². The molecule has 0 unspecified atom stereocenters. The first-order valence-corrected chi connectivity index (χ1v) is 8.69. The van der Waals surface area contributed by atoms with Gasteiger partial charge in [0.25, 0.3) is 11.6 Å². The monoisotopic (exact) mass is 351 g/mol. The highest BCUT2D eigenvalue weighted by molar-refractivity contribution is 6.07. The summed E-state index contributed by atoms with van der Waals surface area (Å²) < 4.78 is 10.9. The lowest BCUT2D eigenvalue weighted by atomic mass is 9.99. The van der Waals surface area contributed by atoms with Crippen molar-refractivity contribution in [2.75, 3.05) is 19.8 Å². The molecule has 2 aromatic heterocycles. The summed E-state index contributed by atoms with van der Waals surface area (Å²) in [5, 5.41) is 4.70. The van der Waals surface area contributed by atoms with Crippen molar-refractivity contribution in [2.24, 2.45) is 0 Å². The average molecular weight is 351 g/mol. The van der Waals surface area contributed by atoms with Gasteiger partial charge < -0.3 is 14.2 Å². The Labute approximate surface area is 151 Å². The Balaban J connectivity index is 1.87. The van der Waals surface area contributed by atoms with Crippen molar-refractivity contribution in [3.63, 3.8) is 0 Å². The van der Waals surface area contributed by atoms with Gasteiger partial charge in [0.15, 0.2) is 0 Å². The number of carbonyl (C=O) groups excluding carboxylic acids is 1. The Morgan fingerprint density at radius 2 is 2.00 bits per heavy atom. The van der Waals surface area contributed by atoms with E-state index < -0.39 is 0 Å². The van der Waals surface area contributed by atoms with E-state index in [1.54, 1.807) is 0 Å². The van der Waals surface area contributed by atoms with Gasteiger partial charge in [-0.1, -0.05) is 35.5 Å². The van der Waals surface area contributed by atoms with Gasteiger partial charge in [-0.3, -0.25) is 4.79 Å².